The first kappa shape index (κ1) is 13.1. The van der Waals surface area contributed by atoms with Crippen molar-refractivity contribution in [3.63, 3.8) is 0 Å². The van der Waals surface area contributed by atoms with Crippen LogP contribution in [-0.4, -0.2) is 24.1 Å². The fourth-order valence-corrected chi connectivity index (χ4v) is 3.15. The number of aromatic nitrogens is 2. The number of nitrogens with zero attached hydrogens (tertiary/aromatic N) is 1. The topological polar surface area (TPSA) is 74.8 Å². The molecule has 0 amide bonds. The maximum atomic E-state index is 11.6. The third-order valence-electron chi connectivity index (χ3n) is 2.89. The molecular formula is C13H13N3O2S2. The maximum absolute atomic E-state index is 11.6. The van der Waals surface area contributed by atoms with Crippen molar-refractivity contribution in [1.29, 1.82) is 0 Å². The van der Waals surface area contributed by atoms with Crippen LogP contribution in [0.25, 0.3) is 21.7 Å². The van der Waals surface area contributed by atoms with Crippen molar-refractivity contribution < 1.29 is 8.42 Å². The van der Waals surface area contributed by atoms with E-state index in [0.717, 1.165) is 21.7 Å². The number of thiophene rings is 1. The van der Waals surface area contributed by atoms with Gasteiger partial charge in [-0.2, -0.15) is 0 Å². The SMILES string of the molecule is CCS(=O)(=O)Nc1ccc2nc(-c3cccs3)[nH]c2c1. The smallest absolute Gasteiger partial charge is 0.232 e. The van der Waals surface area contributed by atoms with Crippen molar-refractivity contribution in [2.45, 2.75) is 6.92 Å². The van der Waals surface area contributed by atoms with Gasteiger partial charge in [-0.1, -0.05) is 6.07 Å². The standard InChI is InChI=1S/C13H13N3O2S2/c1-2-20(17,18)16-9-5-6-10-11(8-9)15-13(14-10)12-4-3-7-19-12/h3-8,16H,2H2,1H3,(H,14,15). The van der Waals surface area contributed by atoms with Crippen molar-refractivity contribution in [3.05, 3.63) is 35.7 Å². The molecule has 104 valence electrons. The van der Waals surface area contributed by atoms with Crippen LogP contribution in [0.5, 0.6) is 0 Å². The predicted octanol–water partition coefficient (Wildman–Crippen LogP) is 3.05. The number of anilines is 1. The molecule has 2 N–H and O–H groups in total. The van der Waals surface area contributed by atoms with E-state index in [1.165, 1.54) is 0 Å². The first-order valence-corrected chi connectivity index (χ1v) is 8.65. The number of aromatic amines is 1. The molecule has 20 heavy (non-hydrogen) atoms. The average Bonchev–Trinajstić information content (AvgIpc) is 3.06. The molecule has 7 heteroatoms. The Hall–Kier alpha value is -1.86. The van der Waals surface area contributed by atoms with Gasteiger partial charge in [0.05, 0.1) is 27.4 Å². The van der Waals surface area contributed by atoms with Crippen LogP contribution in [0.1, 0.15) is 6.92 Å². The molecule has 0 saturated carbocycles. The summed E-state index contributed by atoms with van der Waals surface area (Å²) in [6.45, 7) is 1.60. The van der Waals surface area contributed by atoms with Crippen LogP contribution in [0.3, 0.4) is 0 Å². The molecule has 0 atom stereocenters. The summed E-state index contributed by atoms with van der Waals surface area (Å²) in [7, 11) is -3.26. The lowest BCUT2D eigenvalue weighted by atomic mass is 10.3. The molecule has 0 spiro atoms. The zero-order chi connectivity index (χ0) is 14.2. The quantitative estimate of drug-likeness (QED) is 0.778. The van der Waals surface area contributed by atoms with E-state index in [4.69, 9.17) is 0 Å². The summed E-state index contributed by atoms with van der Waals surface area (Å²) < 4.78 is 25.7. The second kappa shape index (κ2) is 4.92. The zero-order valence-electron chi connectivity index (χ0n) is 10.8. The zero-order valence-corrected chi connectivity index (χ0v) is 12.4. The van der Waals surface area contributed by atoms with Crippen LogP contribution in [0.4, 0.5) is 5.69 Å². The predicted molar refractivity (Wildman–Crippen MR) is 82.5 cm³/mol. The molecule has 0 saturated heterocycles. The van der Waals surface area contributed by atoms with Gasteiger partial charge in [-0.25, -0.2) is 13.4 Å². The van der Waals surface area contributed by atoms with Crippen LogP contribution < -0.4 is 4.72 Å². The van der Waals surface area contributed by atoms with E-state index < -0.39 is 10.0 Å². The van der Waals surface area contributed by atoms with Gasteiger partial charge in [0.15, 0.2) is 0 Å². The Morgan fingerprint density at radius 3 is 2.90 bits per heavy atom. The summed E-state index contributed by atoms with van der Waals surface area (Å²) >= 11 is 1.60. The van der Waals surface area contributed by atoms with Gasteiger partial charge in [-0.3, -0.25) is 4.72 Å². The van der Waals surface area contributed by atoms with Gasteiger partial charge in [0.1, 0.15) is 5.82 Å². The number of hydrogen-bond donors (Lipinski definition) is 2. The second-order valence-electron chi connectivity index (χ2n) is 4.30. The fourth-order valence-electron chi connectivity index (χ4n) is 1.85. The van der Waals surface area contributed by atoms with E-state index in [-0.39, 0.29) is 5.75 Å². The monoisotopic (exact) mass is 307 g/mol. The van der Waals surface area contributed by atoms with E-state index in [1.54, 1.807) is 36.5 Å². The molecule has 2 heterocycles. The van der Waals surface area contributed by atoms with Gasteiger partial charge in [0.2, 0.25) is 10.0 Å². The molecule has 3 rings (SSSR count). The third-order valence-corrected chi connectivity index (χ3v) is 5.07. The summed E-state index contributed by atoms with van der Waals surface area (Å²) in [4.78, 5) is 8.75. The highest BCUT2D eigenvalue weighted by atomic mass is 32.2. The van der Waals surface area contributed by atoms with Crippen molar-refractivity contribution in [3.8, 4) is 10.7 Å². The molecular weight excluding hydrogens is 294 g/mol. The molecule has 0 radical (unpaired) electrons. The van der Waals surface area contributed by atoms with Crippen LogP contribution in [0.15, 0.2) is 35.7 Å². The van der Waals surface area contributed by atoms with Crippen LogP contribution in [0, 0.1) is 0 Å². The number of rotatable bonds is 4. The molecule has 3 aromatic rings. The Bertz CT molecular complexity index is 836. The number of nitrogens with one attached hydrogen (secondary N) is 2. The first-order chi connectivity index (χ1) is 9.57. The highest BCUT2D eigenvalue weighted by Crippen LogP contribution is 2.26. The van der Waals surface area contributed by atoms with E-state index in [9.17, 15) is 8.42 Å². The Morgan fingerprint density at radius 1 is 1.35 bits per heavy atom. The summed E-state index contributed by atoms with van der Waals surface area (Å²) in [5.41, 5.74) is 2.17. The lowest BCUT2D eigenvalue weighted by Crippen LogP contribution is -2.14. The van der Waals surface area contributed by atoms with E-state index >= 15 is 0 Å². The molecule has 0 bridgehead atoms. The summed E-state index contributed by atoms with van der Waals surface area (Å²) in [5, 5.41) is 1.99. The second-order valence-corrected chi connectivity index (χ2v) is 7.26. The molecule has 2 aromatic heterocycles. The van der Waals surface area contributed by atoms with E-state index in [0.29, 0.717) is 5.69 Å². The van der Waals surface area contributed by atoms with Gasteiger partial charge in [0, 0.05) is 0 Å². The van der Waals surface area contributed by atoms with Gasteiger partial charge < -0.3 is 4.98 Å². The number of imidazole rings is 1. The number of benzene rings is 1. The van der Waals surface area contributed by atoms with Gasteiger partial charge in [-0.05, 0) is 36.6 Å². The normalized spacial score (nSPS) is 11.8. The Balaban J connectivity index is 2.00. The maximum Gasteiger partial charge on any atom is 0.232 e. The van der Waals surface area contributed by atoms with Crippen molar-refractivity contribution in [2.24, 2.45) is 0 Å². The third kappa shape index (κ3) is 2.54. The minimum Gasteiger partial charge on any atom is -0.337 e. The van der Waals surface area contributed by atoms with E-state index in [1.807, 2.05) is 17.5 Å². The van der Waals surface area contributed by atoms with Gasteiger partial charge in [-0.15, -0.1) is 11.3 Å². The number of H-pyrrole nitrogens is 1. The Labute approximate surface area is 120 Å². The van der Waals surface area contributed by atoms with Crippen molar-refractivity contribution >= 4 is 38.1 Å². The van der Waals surface area contributed by atoms with Crippen molar-refractivity contribution in [1.82, 2.24) is 9.97 Å². The molecule has 1 aromatic carbocycles. The molecule has 0 aliphatic carbocycles. The van der Waals surface area contributed by atoms with E-state index in [2.05, 4.69) is 14.7 Å². The molecule has 0 aliphatic heterocycles. The Morgan fingerprint density at radius 2 is 2.20 bits per heavy atom. The average molecular weight is 307 g/mol. The lowest BCUT2D eigenvalue weighted by Gasteiger charge is -2.05. The van der Waals surface area contributed by atoms with Gasteiger partial charge >= 0.3 is 0 Å². The highest BCUT2D eigenvalue weighted by molar-refractivity contribution is 7.92. The molecule has 5 nitrogen and oxygen atoms in total. The minimum atomic E-state index is -3.26. The van der Waals surface area contributed by atoms with Crippen molar-refractivity contribution in [2.75, 3.05) is 10.5 Å². The number of hydrogen-bond acceptors (Lipinski definition) is 4. The summed E-state index contributed by atoms with van der Waals surface area (Å²) in [5.74, 6) is 0.847. The van der Waals surface area contributed by atoms with Gasteiger partial charge in [0.25, 0.3) is 0 Å². The highest BCUT2D eigenvalue weighted by Gasteiger charge is 2.10. The molecule has 0 unspecified atom stereocenters. The van der Waals surface area contributed by atoms with Crippen LogP contribution in [0.2, 0.25) is 0 Å². The largest absolute Gasteiger partial charge is 0.337 e. The summed E-state index contributed by atoms with van der Waals surface area (Å²) in [6.07, 6.45) is 0. The first-order valence-electron chi connectivity index (χ1n) is 6.11. The molecule has 0 aliphatic rings. The molecule has 0 fully saturated rings. The van der Waals surface area contributed by atoms with Crippen LogP contribution in [-0.2, 0) is 10.0 Å². The lowest BCUT2D eigenvalue weighted by molar-refractivity contribution is 0.602. The fraction of sp³-hybridized carbons (Fsp3) is 0.154. The number of sulfonamides is 1. The minimum absolute atomic E-state index is 0.0501. The Kier molecular flexibility index (Phi) is 3.23. The number of fused-ring (bicyclic) bond motifs is 1. The van der Waals surface area contributed by atoms with Crippen LogP contribution >= 0.6 is 11.3 Å². The summed E-state index contributed by atoms with van der Waals surface area (Å²) in [6, 6.07) is 9.23.